The molecule has 1 aromatic heterocycles. The molecule has 0 radical (unpaired) electrons. The standard InChI is InChI=1S/C17H24N6O/c1-2-21-10-12-22(13-11-21)9-8-18-17(24)16-14-23(20-19-16)15-6-4-3-5-7-15/h3-7,14H,2,8-13H2,1H3,(H,18,24). The molecular formula is C17H24N6O. The molecule has 0 atom stereocenters. The van der Waals surface area contributed by atoms with Crippen LogP contribution in [0.4, 0.5) is 0 Å². The minimum atomic E-state index is -0.177. The van der Waals surface area contributed by atoms with Crippen molar-refractivity contribution in [3.63, 3.8) is 0 Å². The van der Waals surface area contributed by atoms with Gasteiger partial charge < -0.3 is 10.2 Å². The summed E-state index contributed by atoms with van der Waals surface area (Å²) >= 11 is 0. The van der Waals surface area contributed by atoms with Gasteiger partial charge in [-0.3, -0.25) is 9.69 Å². The van der Waals surface area contributed by atoms with Crippen molar-refractivity contribution in [3.05, 3.63) is 42.2 Å². The second-order valence-corrected chi connectivity index (χ2v) is 5.92. The number of nitrogens with one attached hydrogen (secondary N) is 1. The summed E-state index contributed by atoms with van der Waals surface area (Å²) in [7, 11) is 0. The van der Waals surface area contributed by atoms with Crippen LogP contribution >= 0.6 is 0 Å². The summed E-state index contributed by atoms with van der Waals surface area (Å²) in [5.74, 6) is -0.177. The predicted octanol–water partition coefficient (Wildman–Crippen LogP) is 0.635. The fraction of sp³-hybridized carbons (Fsp3) is 0.471. The number of carbonyl (C=O) groups excluding carboxylic acids is 1. The summed E-state index contributed by atoms with van der Waals surface area (Å²) < 4.78 is 1.61. The highest BCUT2D eigenvalue weighted by atomic mass is 16.2. The van der Waals surface area contributed by atoms with Crippen molar-refractivity contribution in [2.75, 3.05) is 45.8 Å². The van der Waals surface area contributed by atoms with E-state index in [1.54, 1.807) is 10.9 Å². The number of benzene rings is 1. The fourth-order valence-electron chi connectivity index (χ4n) is 2.82. The highest BCUT2D eigenvalue weighted by Crippen LogP contribution is 2.05. The fourth-order valence-corrected chi connectivity index (χ4v) is 2.82. The molecule has 0 bridgehead atoms. The lowest BCUT2D eigenvalue weighted by molar-refractivity contribution is 0.0933. The van der Waals surface area contributed by atoms with Gasteiger partial charge in [-0.15, -0.1) is 5.10 Å². The highest BCUT2D eigenvalue weighted by molar-refractivity contribution is 5.91. The highest BCUT2D eigenvalue weighted by Gasteiger charge is 2.16. The molecule has 2 heterocycles. The van der Waals surface area contributed by atoms with E-state index in [4.69, 9.17) is 0 Å². The SMILES string of the molecule is CCN1CCN(CCNC(=O)c2cn(-c3ccccc3)nn2)CC1. The van der Waals surface area contributed by atoms with E-state index in [0.29, 0.717) is 12.2 Å². The van der Waals surface area contributed by atoms with E-state index in [-0.39, 0.29) is 5.91 Å². The number of piperazine rings is 1. The molecule has 7 heteroatoms. The van der Waals surface area contributed by atoms with Gasteiger partial charge in [0.25, 0.3) is 5.91 Å². The largest absolute Gasteiger partial charge is 0.349 e. The van der Waals surface area contributed by atoms with Gasteiger partial charge in [-0.1, -0.05) is 30.3 Å². The average Bonchev–Trinajstić information content (AvgIpc) is 3.13. The maximum Gasteiger partial charge on any atom is 0.273 e. The number of para-hydroxylation sites is 1. The van der Waals surface area contributed by atoms with Gasteiger partial charge in [0.05, 0.1) is 11.9 Å². The molecule has 1 saturated heterocycles. The molecule has 1 amide bonds. The Morgan fingerprint density at radius 3 is 2.54 bits per heavy atom. The Hall–Kier alpha value is -2.25. The van der Waals surface area contributed by atoms with Crippen molar-refractivity contribution in [3.8, 4) is 5.69 Å². The number of aromatic nitrogens is 3. The van der Waals surface area contributed by atoms with Crippen molar-refractivity contribution in [2.24, 2.45) is 0 Å². The molecule has 1 fully saturated rings. The minimum Gasteiger partial charge on any atom is -0.349 e. The summed E-state index contributed by atoms with van der Waals surface area (Å²) in [6.07, 6.45) is 1.66. The lowest BCUT2D eigenvalue weighted by Gasteiger charge is -2.33. The molecule has 0 unspecified atom stereocenters. The van der Waals surface area contributed by atoms with Crippen LogP contribution in [0.3, 0.4) is 0 Å². The molecule has 1 aliphatic heterocycles. The van der Waals surface area contributed by atoms with Crippen molar-refractivity contribution in [1.29, 1.82) is 0 Å². The summed E-state index contributed by atoms with van der Waals surface area (Å²) in [5, 5.41) is 10.9. The molecular weight excluding hydrogens is 304 g/mol. The van der Waals surface area contributed by atoms with Crippen molar-refractivity contribution in [2.45, 2.75) is 6.92 Å². The van der Waals surface area contributed by atoms with E-state index in [1.165, 1.54) is 0 Å². The first-order chi connectivity index (χ1) is 11.8. The molecule has 1 N–H and O–H groups in total. The average molecular weight is 328 g/mol. The van der Waals surface area contributed by atoms with Gasteiger partial charge in [-0.25, -0.2) is 4.68 Å². The number of rotatable bonds is 6. The monoisotopic (exact) mass is 328 g/mol. The van der Waals surface area contributed by atoms with Crippen LogP contribution in [0.15, 0.2) is 36.5 Å². The maximum atomic E-state index is 12.2. The van der Waals surface area contributed by atoms with Crippen LogP contribution in [0.1, 0.15) is 17.4 Å². The molecule has 0 saturated carbocycles. The van der Waals surface area contributed by atoms with Crippen LogP contribution in [0.5, 0.6) is 0 Å². The second-order valence-electron chi connectivity index (χ2n) is 5.92. The predicted molar refractivity (Wildman–Crippen MR) is 92.2 cm³/mol. The lowest BCUT2D eigenvalue weighted by atomic mass is 10.3. The topological polar surface area (TPSA) is 66.3 Å². The quantitative estimate of drug-likeness (QED) is 0.843. The molecule has 7 nitrogen and oxygen atoms in total. The molecule has 128 valence electrons. The number of likely N-dealkylation sites (N-methyl/N-ethyl adjacent to an activating group) is 1. The zero-order chi connectivity index (χ0) is 16.8. The normalized spacial score (nSPS) is 16.2. The van der Waals surface area contributed by atoms with Crippen LogP contribution in [0.25, 0.3) is 5.69 Å². The third-order valence-electron chi connectivity index (χ3n) is 4.37. The van der Waals surface area contributed by atoms with Crippen molar-refractivity contribution >= 4 is 5.91 Å². The third-order valence-corrected chi connectivity index (χ3v) is 4.37. The van der Waals surface area contributed by atoms with Gasteiger partial charge in [-0.05, 0) is 18.7 Å². The third kappa shape index (κ3) is 4.18. The second kappa shape index (κ2) is 8.03. The van der Waals surface area contributed by atoms with Gasteiger partial charge in [0.15, 0.2) is 5.69 Å². The molecule has 0 spiro atoms. The van der Waals surface area contributed by atoms with E-state index >= 15 is 0 Å². The number of hydrogen-bond acceptors (Lipinski definition) is 5. The molecule has 2 aromatic rings. The van der Waals surface area contributed by atoms with E-state index in [1.807, 2.05) is 30.3 Å². The first kappa shape index (κ1) is 16.6. The number of amides is 1. The molecule has 3 rings (SSSR count). The summed E-state index contributed by atoms with van der Waals surface area (Å²) in [5.41, 5.74) is 1.23. The summed E-state index contributed by atoms with van der Waals surface area (Å²) in [6, 6.07) is 9.64. The van der Waals surface area contributed by atoms with Crippen molar-refractivity contribution < 1.29 is 4.79 Å². The van der Waals surface area contributed by atoms with Crippen LogP contribution in [0.2, 0.25) is 0 Å². The number of nitrogens with zero attached hydrogens (tertiary/aromatic N) is 5. The number of carbonyl (C=O) groups is 1. The van der Waals surface area contributed by atoms with Crippen LogP contribution in [0, 0.1) is 0 Å². The Bertz CT molecular complexity index is 648. The van der Waals surface area contributed by atoms with Gasteiger partial charge >= 0.3 is 0 Å². The molecule has 1 aromatic carbocycles. The zero-order valence-corrected chi connectivity index (χ0v) is 14.1. The smallest absolute Gasteiger partial charge is 0.273 e. The summed E-state index contributed by atoms with van der Waals surface area (Å²) in [6.45, 7) is 9.15. The molecule has 1 aliphatic rings. The Labute approximate surface area is 142 Å². The van der Waals surface area contributed by atoms with E-state index in [9.17, 15) is 4.79 Å². The van der Waals surface area contributed by atoms with Gasteiger partial charge in [-0.2, -0.15) is 0 Å². The molecule has 24 heavy (non-hydrogen) atoms. The molecule has 0 aliphatic carbocycles. The minimum absolute atomic E-state index is 0.177. The van der Waals surface area contributed by atoms with E-state index < -0.39 is 0 Å². The van der Waals surface area contributed by atoms with Crippen LogP contribution < -0.4 is 5.32 Å². The number of hydrogen-bond donors (Lipinski definition) is 1. The van der Waals surface area contributed by atoms with Gasteiger partial charge in [0, 0.05) is 39.3 Å². The Morgan fingerprint density at radius 2 is 1.83 bits per heavy atom. The van der Waals surface area contributed by atoms with Gasteiger partial charge in [0.1, 0.15) is 0 Å². The first-order valence-electron chi connectivity index (χ1n) is 8.47. The van der Waals surface area contributed by atoms with E-state index in [2.05, 4.69) is 32.4 Å². The Kier molecular flexibility index (Phi) is 5.55. The van der Waals surface area contributed by atoms with Crippen molar-refractivity contribution in [1.82, 2.24) is 30.1 Å². The maximum absolute atomic E-state index is 12.2. The first-order valence-corrected chi connectivity index (χ1v) is 8.47. The van der Waals surface area contributed by atoms with Crippen LogP contribution in [-0.4, -0.2) is 76.5 Å². The Morgan fingerprint density at radius 1 is 1.12 bits per heavy atom. The van der Waals surface area contributed by atoms with Crippen LogP contribution in [-0.2, 0) is 0 Å². The zero-order valence-electron chi connectivity index (χ0n) is 14.1. The van der Waals surface area contributed by atoms with Gasteiger partial charge in [0.2, 0.25) is 0 Å². The lowest BCUT2D eigenvalue weighted by Crippen LogP contribution is -2.48. The van der Waals surface area contributed by atoms with E-state index in [0.717, 1.165) is 45.0 Å². The summed E-state index contributed by atoms with van der Waals surface area (Å²) in [4.78, 5) is 17.0. The Balaban J connectivity index is 1.45.